The predicted molar refractivity (Wildman–Crippen MR) is 97.1 cm³/mol. The fourth-order valence-corrected chi connectivity index (χ4v) is 2.71. The first-order valence-corrected chi connectivity index (χ1v) is 8.58. The number of nitrogens with zero attached hydrogens (tertiary/aromatic N) is 1. The summed E-state index contributed by atoms with van der Waals surface area (Å²) < 4.78 is 0. The second-order valence-corrected chi connectivity index (χ2v) is 6.62. The van der Waals surface area contributed by atoms with Crippen molar-refractivity contribution in [3.63, 3.8) is 0 Å². The molecule has 0 aromatic heterocycles. The maximum absolute atomic E-state index is 12.0. The van der Waals surface area contributed by atoms with Gasteiger partial charge in [0.2, 0.25) is 11.8 Å². The Morgan fingerprint density at radius 2 is 1.67 bits per heavy atom. The first-order valence-electron chi connectivity index (χ1n) is 8.58. The van der Waals surface area contributed by atoms with E-state index in [0.29, 0.717) is 18.8 Å². The molecule has 132 valence electrons. The van der Waals surface area contributed by atoms with Crippen molar-refractivity contribution < 1.29 is 9.59 Å². The highest BCUT2D eigenvalue weighted by Gasteiger charge is 2.15. The predicted octanol–water partition coefficient (Wildman–Crippen LogP) is 1.90. The molecule has 1 aromatic rings. The quantitative estimate of drug-likeness (QED) is 0.680. The summed E-state index contributed by atoms with van der Waals surface area (Å²) in [4.78, 5) is 25.7. The topological polar surface area (TPSA) is 73.5 Å². The van der Waals surface area contributed by atoms with E-state index in [2.05, 4.69) is 16.0 Å². The largest absolute Gasteiger partial charge is 0.326 e. The van der Waals surface area contributed by atoms with E-state index in [1.807, 2.05) is 43.3 Å². The van der Waals surface area contributed by atoms with Gasteiger partial charge in [0.15, 0.2) is 0 Å². The van der Waals surface area contributed by atoms with Gasteiger partial charge in [-0.25, -0.2) is 0 Å². The molecule has 1 unspecified atom stereocenters. The normalized spacial score (nSPS) is 17.0. The molecular weight excluding hydrogens is 304 g/mol. The van der Waals surface area contributed by atoms with E-state index in [-0.39, 0.29) is 11.8 Å². The number of hydrogen-bond donors (Lipinski definition) is 3. The molecule has 1 aliphatic rings. The first kappa shape index (κ1) is 18.4. The van der Waals surface area contributed by atoms with Crippen molar-refractivity contribution in [2.45, 2.75) is 25.7 Å². The first-order chi connectivity index (χ1) is 11.5. The van der Waals surface area contributed by atoms with Crippen LogP contribution in [0.3, 0.4) is 0 Å². The molecule has 1 aromatic carbocycles. The molecular formula is C18H28N4O2. The number of carbonyl (C=O) groups excluding carboxylic acids is 2. The fourth-order valence-electron chi connectivity index (χ4n) is 2.71. The minimum atomic E-state index is -0.00865. The molecule has 0 bridgehead atoms. The van der Waals surface area contributed by atoms with Crippen LogP contribution >= 0.6 is 0 Å². The molecule has 0 aliphatic carbocycles. The van der Waals surface area contributed by atoms with Crippen LogP contribution in [0.15, 0.2) is 24.3 Å². The van der Waals surface area contributed by atoms with Gasteiger partial charge in [-0.2, -0.15) is 0 Å². The lowest BCUT2D eigenvalue weighted by Gasteiger charge is -2.11. The Kier molecular flexibility index (Phi) is 7.21. The van der Waals surface area contributed by atoms with Crippen LogP contribution in [0.25, 0.3) is 0 Å². The zero-order chi connectivity index (χ0) is 17.4. The monoisotopic (exact) mass is 332 g/mol. The molecule has 0 spiro atoms. The molecule has 1 aliphatic heterocycles. The van der Waals surface area contributed by atoms with Crippen molar-refractivity contribution in [3.05, 3.63) is 24.3 Å². The summed E-state index contributed by atoms with van der Waals surface area (Å²) >= 11 is 0. The van der Waals surface area contributed by atoms with E-state index in [9.17, 15) is 9.59 Å². The Hall–Kier alpha value is -1.92. The van der Waals surface area contributed by atoms with Crippen LogP contribution in [-0.2, 0) is 9.59 Å². The molecule has 24 heavy (non-hydrogen) atoms. The zero-order valence-electron chi connectivity index (χ0n) is 14.6. The van der Waals surface area contributed by atoms with Gasteiger partial charge in [-0.05, 0) is 70.2 Å². The standard InChI is InChI=1S/C18H28N4O2/c1-22(2)12-10-18(24)21-16-6-4-15(5-7-16)20-17(23)8-3-14-9-11-19-13-14/h4-7,14,19H,3,8-13H2,1-2H3,(H,20,23)(H,21,24). The molecule has 1 atom stereocenters. The SMILES string of the molecule is CN(C)CCC(=O)Nc1ccc(NC(=O)CCC2CCNC2)cc1. The van der Waals surface area contributed by atoms with Crippen molar-refractivity contribution in [2.75, 3.05) is 44.4 Å². The van der Waals surface area contributed by atoms with Gasteiger partial charge in [0.05, 0.1) is 0 Å². The highest BCUT2D eigenvalue weighted by atomic mass is 16.2. The summed E-state index contributed by atoms with van der Waals surface area (Å²) in [6, 6.07) is 7.25. The molecule has 0 radical (unpaired) electrons. The third kappa shape index (κ3) is 6.68. The van der Waals surface area contributed by atoms with Gasteiger partial charge in [-0.15, -0.1) is 0 Å². The molecule has 2 rings (SSSR count). The van der Waals surface area contributed by atoms with Crippen LogP contribution in [0.4, 0.5) is 11.4 Å². The smallest absolute Gasteiger partial charge is 0.225 e. The number of rotatable bonds is 8. The minimum absolute atomic E-state index is 0.00865. The van der Waals surface area contributed by atoms with Gasteiger partial charge in [-0.3, -0.25) is 9.59 Å². The fraction of sp³-hybridized carbons (Fsp3) is 0.556. The van der Waals surface area contributed by atoms with Gasteiger partial charge >= 0.3 is 0 Å². The zero-order valence-corrected chi connectivity index (χ0v) is 14.6. The minimum Gasteiger partial charge on any atom is -0.326 e. The van der Waals surface area contributed by atoms with Crippen LogP contribution in [-0.4, -0.2) is 50.4 Å². The highest BCUT2D eigenvalue weighted by Crippen LogP contribution is 2.17. The van der Waals surface area contributed by atoms with Crippen LogP contribution in [0.2, 0.25) is 0 Å². The summed E-state index contributed by atoms with van der Waals surface area (Å²) in [5, 5.41) is 9.08. The van der Waals surface area contributed by atoms with Gasteiger partial charge in [0.1, 0.15) is 0 Å². The summed E-state index contributed by atoms with van der Waals surface area (Å²) in [6.07, 6.45) is 3.10. The number of hydrogen-bond acceptors (Lipinski definition) is 4. The second-order valence-electron chi connectivity index (χ2n) is 6.62. The number of anilines is 2. The Morgan fingerprint density at radius 1 is 1.08 bits per heavy atom. The molecule has 6 heteroatoms. The number of benzene rings is 1. The van der Waals surface area contributed by atoms with Crippen LogP contribution in [0.1, 0.15) is 25.7 Å². The molecule has 3 N–H and O–H groups in total. The van der Waals surface area contributed by atoms with E-state index in [4.69, 9.17) is 0 Å². The van der Waals surface area contributed by atoms with Gasteiger partial charge in [0, 0.05) is 30.8 Å². The Bertz CT molecular complexity index is 536. The lowest BCUT2D eigenvalue weighted by molar-refractivity contribution is -0.117. The molecule has 1 heterocycles. The van der Waals surface area contributed by atoms with E-state index in [0.717, 1.165) is 43.9 Å². The second kappa shape index (κ2) is 9.39. The third-order valence-electron chi connectivity index (χ3n) is 4.18. The van der Waals surface area contributed by atoms with Gasteiger partial charge in [-0.1, -0.05) is 0 Å². The van der Waals surface area contributed by atoms with Crippen molar-refractivity contribution in [1.82, 2.24) is 10.2 Å². The summed E-state index contributed by atoms with van der Waals surface area (Å²) in [7, 11) is 3.88. The highest BCUT2D eigenvalue weighted by molar-refractivity contribution is 5.93. The summed E-state index contributed by atoms with van der Waals surface area (Å²) in [6.45, 7) is 2.81. The number of carbonyl (C=O) groups is 2. The van der Waals surface area contributed by atoms with E-state index in [1.165, 1.54) is 0 Å². The summed E-state index contributed by atoms with van der Waals surface area (Å²) in [5.74, 6) is 0.658. The average Bonchev–Trinajstić information content (AvgIpc) is 3.06. The molecule has 6 nitrogen and oxygen atoms in total. The van der Waals surface area contributed by atoms with E-state index in [1.54, 1.807) is 0 Å². The maximum Gasteiger partial charge on any atom is 0.225 e. The van der Waals surface area contributed by atoms with Crippen LogP contribution in [0.5, 0.6) is 0 Å². The lowest BCUT2D eigenvalue weighted by Crippen LogP contribution is -2.20. The van der Waals surface area contributed by atoms with Crippen LogP contribution in [0, 0.1) is 5.92 Å². The molecule has 0 saturated carbocycles. The van der Waals surface area contributed by atoms with E-state index < -0.39 is 0 Å². The van der Waals surface area contributed by atoms with E-state index >= 15 is 0 Å². The molecule has 2 amide bonds. The Balaban J connectivity index is 1.72. The van der Waals surface area contributed by atoms with Crippen molar-refractivity contribution in [2.24, 2.45) is 5.92 Å². The lowest BCUT2D eigenvalue weighted by atomic mass is 10.0. The van der Waals surface area contributed by atoms with Gasteiger partial charge in [0.25, 0.3) is 0 Å². The number of amides is 2. The van der Waals surface area contributed by atoms with Crippen molar-refractivity contribution >= 4 is 23.2 Å². The van der Waals surface area contributed by atoms with Crippen molar-refractivity contribution in [3.8, 4) is 0 Å². The third-order valence-corrected chi connectivity index (χ3v) is 4.18. The van der Waals surface area contributed by atoms with Crippen LogP contribution < -0.4 is 16.0 Å². The maximum atomic E-state index is 12.0. The number of nitrogens with one attached hydrogen (secondary N) is 3. The molecule has 1 fully saturated rings. The van der Waals surface area contributed by atoms with Crippen molar-refractivity contribution in [1.29, 1.82) is 0 Å². The Morgan fingerprint density at radius 3 is 2.17 bits per heavy atom. The molecule has 1 saturated heterocycles. The van der Waals surface area contributed by atoms with Gasteiger partial charge < -0.3 is 20.9 Å². The average molecular weight is 332 g/mol. The summed E-state index contributed by atoms with van der Waals surface area (Å²) in [5.41, 5.74) is 1.50. The Labute approximate surface area is 144 Å².